The Morgan fingerprint density at radius 3 is 2.58 bits per heavy atom. The second-order valence-electron chi connectivity index (χ2n) is 5.35. The molecule has 1 aromatic heterocycles. The predicted octanol–water partition coefficient (Wildman–Crippen LogP) is 0.594. The van der Waals surface area contributed by atoms with Gasteiger partial charge in [-0.3, -0.25) is 9.59 Å². The summed E-state index contributed by atoms with van der Waals surface area (Å²) < 4.78 is 4.96. The molecule has 0 aromatic carbocycles. The summed E-state index contributed by atoms with van der Waals surface area (Å²) >= 11 is 0. The molecule has 7 nitrogen and oxygen atoms in total. The second kappa shape index (κ2) is 4.04. The fraction of sp³-hybridized carbons (Fsp3) is 0.667. The molecule has 1 amide bonds. The Hall–Kier alpha value is -1.92. The zero-order valence-electron chi connectivity index (χ0n) is 10.5. The Kier molecular flexibility index (Phi) is 2.58. The minimum absolute atomic E-state index is 0.213. The van der Waals surface area contributed by atoms with Crippen molar-refractivity contribution in [2.45, 2.75) is 38.1 Å². The van der Waals surface area contributed by atoms with Gasteiger partial charge in [-0.2, -0.15) is 4.98 Å². The number of hydrogen-bond acceptors (Lipinski definition) is 5. The lowest BCUT2D eigenvalue weighted by Crippen LogP contribution is -2.52. The van der Waals surface area contributed by atoms with Crippen LogP contribution in [-0.2, 0) is 15.1 Å². The van der Waals surface area contributed by atoms with E-state index < -0.39 is 23.3 Å². The molecule has 7 heteroatoms. The van der Waals surface area contributed by atoms with Crippen LogP contribution in [0.4, 0.5) is 0 Å². The van der Waals surface area contributed by atoms with Crippen LogP contribution in [0.3, 0.4) is 0 Å². The molecule has 0 spiro atoms. The van der Waals surface area contributed by atoms with Gasteiger partial charge in [-0.1, -0.05) is 5.16 Å². The van der Waals surface area contributed by atoms with Gasteiger partial charge < -0.3 is 14.9 Å². The molecule has 2 N–H and O–H groups in total. The molecule has 2 aliphatic rings. The van der Waals surface area contributed by atoms with Gasteiger partial charge in [-0.05, 0) is 25.7 Å². The van der Waals surface area contributed by atoms with Crippen LogP contribution in [0.25, 0.3) is 0 Å². The van der Waals surface area contributed by atoms with Crippen LogP contribution in [0.2, 0.25) is 0 Å². The molecule has 102 valence electrons. The van der Waals surface area contributed by atoms with E-state index in [1.165, 1.54) is 0 Å². The first-order valence-corrected chi connectivity index (χ1v) is 6.37. The molecule has 0 aliphatic heterocycles. The molecule has 0 radical (unpaired) electrons. The molecular formula is C12H15N3O4. The van der Waals surface area contributed by atoms with Crippen LogP contribution in [0.1, 0.15) is 37.4 Å². The molecule has 2 aliphatic carbocycles. The number of carboxylic acid groups (broad SMARTS) is 1. The van der Waals surface area contributed by atoms with Crippen molar-refractivity contribution in [2.75, 3.05) is 0 Å². The molecule has 2 saturated carbocycles. The summed E-state index contributed by atoms with van der Waals surface area (Å²) in [4.78, 5) is 27.0. The van der Waals surface area contributed by atoms with Crippen LogP contribution in [0.5, 0.6) is 0 Å². The van der Waals surface area contributed by atoms with Crippen molar-refractivity contribution >= 4 is 11.9 Å². The van der Waals surface area contributed by atoms with Crippen LogP contribution >= 0.6 is 0 Å². The van der Waals surface area contributed by atoms with E-state index in [1.807, 2.05) is 0 Å². The molecule has 0 unspecified atom stereocenters. The first-order chi connectivity index (χ1) is 9.02. The normalized spacial score (nSPS) is 27.4. The average Bonchev–Trinajstić information content (AvgIpc) is 3.01. The van der Waals surface area contributed by atoms with Gasteiger partial charge in [0.15, 0.2) is 5.82 Å². The van der Waals surface area contributed by atoms with E-state index in [0.717, 1.165) is 19.3 Å². The Morgan fingerprint density at radius 1 is 1.42 bits per heavy atom. The predicted molar refractivity (Wildman–Crippen MR) is 61.9 cm³/mol. The fourth-order valence-electron chi connectivity index (χ4n) is 2.51. The van der Waals surface area contributed by atoms with Crippen LogP contribution in [0.15, 0.2) is 4.52 Å². The number of aliphatic carboxylic acids is 1. The second-order valence-corrected chi connectivity index (χ2v) is 5.35. The summed E-state index contributed by atoms with van der Waals surface area (Å²) in [6, 6.07) is 0. The summed E-state index contributed by atoms with van der Waals surface area (Å²) in [5.41, 5.74) is -0.555. The lowest BCUT2D eigenvalue weighted by Gasteiger charge is -2.39. The first kappa shape index (κ1) is 12.1. The van der Waals surface area contributed by atoms with Crippen LogP contribution in [-0.4, -0.2) is 27.1 Å². The lowest BCUT2D eigenvalue weighted by molar-refractivity contribution is -0.140. The molecular weight excluding hydrogens is 250 g/mol. The molecule has 1 aromatic rings. The number of carboxylic acids is 1. The van der Waals surface area contributed by atoms with E-state index in [-0.39, 0.29) is 5.91 Å². The van der Waals surface area contributed by atoms with Crippen molar-refractivity contribution in [1.29, 1.82) is 0 Å². The zero-order valence-corrected chi connectivity index (χ0v) is 10.5. The number of nitrogens with zero attached hydrogens (tertiary/aromatic N) is 2. The van der Waals surface area contributed by atoms with Gasteiger partial charge in [-0.25, -0.2) is 0 Å². The smallest absolute Gasteiger partial charge is 0.307 e. The standard InChI is InChI=1S/C12H15N3O4/c1-6-13-11(15-19-6)12(3-2-4-12)14-9(16)7-5-8(7)10(17)18/h7-8H,2-5H2,1H3,(H,14,16)(H,17,18)/t7-,8+/m0/s1. The third-order valence-corrected chi connectivity index (χ3v) is 3.97. The van der Waals surface area contributed by atoms with Gasteiger partial charge in [0.05, 0.1) is 11.8 Å². The number of rotatable bonds is 4. The summed E-state index contributed by atoms with van der Waals surface area (Å²) in [6.45, 7) is 1.70. The highest BCUT2D eigenvalue weighted by atomic mass is 16.5. The highest BCUT2D eigenvalue weighted by Crippen LogP contribution is 2.43. The van der Waals surface area contributed by atoms with E-state index >= 15 is 0 Å². The summed E-state index contributed by atoms with van der Waals surface area (Å²) in [5.74, 6) is -1.11. The molecule has 0 saturated heterocycles. The maximum Gasteiger partial charge on any atom is 0.307 e. The summed E-state index contributed by atoms with van der Waals surface area (Å²) in [5, 5.41) is 15.6. The lowest BCUT2D eigenvalue weighted by atomic mass is 9.76. The van der Waals surface area contributed by atoms with Crippen molar-refractivity contribution in [1.82, 2.24) is 15.5 Å². The highest BCUT2D eigenvalue weighted by molar-refractivity contribution is 5.89. The highest BCUT2D eigenvalue weighted by Gasteiger charge is 2.52. The number of aromatic nitrogens is 2. The Labute approximate surface area is 109 Å². The van der Waals surface area contributed by atoms with Gasteiger partial charge in [0.2, 0.25) is 11.8 Å². The number of hydrogen-bond donors (Lipinski definition) is 2. The van der Waals surface area contributed by atoms with Gasteiger partial charge >= 0.3 is 5.97 Å². The van der Waals surface area contributed by atoms with E-state index in [9.17, 15) is 9.59 Å². The molecule has 2 atom stereocenters. The number of aryl methyl sites for hydroxylation is 1. The van der Waals surface area contributed by atoms with Gasteiger partial charge in [0.25, 0.3) is 0 Å². The maximum atomic E-state index is 12.0. The minimum Gasteiger partial charge on any atom is -0.481 e. The first-order valence-electron chi connectivity index (χ1n) is 6.37. The third-order valence-electron chi connectivity index (χ3n) is 3.97. The van der Waals surface area contributed by atoms with E-state index in [0.29, 0.717) is 18.1 Å². The van der Waals surface area contributed by atoms with Crippen molar-refractivity contribution in [2.24, 2.45) is 11.8 Å². The monoisotopic (exact) mass is 265 g/mol. The summed E-state index contributed by atoms with van der Waals surface area (Å²) in [7, 11) is 0. The van der Waals surface area contributed by atoms with E-state index in [2.05, 4.69) is 15.5 Å². The van der Waals surface area contributed by atoms with Crippen molar-refractivity contribution < 1.29 is 19.2 Å². The third kappa shape index (κ3) is 1.98. The molecule has 19 heavy (non-hydrogen) atoms. The zero-order chi connectivity index (χ0) is 13.6. The Bertz CT molecular complexity index is 535. The van der Waals surface area contributed by atoms with Crippen LogP contribution in [0, 0.1) is 18.8 Å². The molecule has 2 fully saturated rings. The van der Waals surface area contributed by atoms with Crippen molar-refractivity contribution in [3.63, 3.8) is 0 Å². The average molecular weight is 265 g/mol. The SMILES string of the molecule is Cc1nc(C2(NC(=O)[C@H]3C[C@H]3C(=O)O)CCC2)no1. The van der Waals surface area contributed by atoms with Crippen LogP contribution < -0.4 is 5.32 Å². The number of nitrogens with one attached hydrogen (secondary N) is 1. The Balaban J connectivity index is 1.71. The van der Waals surface area contributed by atoms with E-state index in [4.69, 9.17) is 9.63 Å². The molecule has 3 rings (SSSR count). The van der Waals surface area contributed by atoms with Gasteiger partial charge in [0.1, 0.15) is 5.54 Å². The van der Waals surface area contributed by atoms with Crippen molar-refractivity contribution in [3.05, 3.63) is 11.7 Å². The molecule has 1 heterocycles. The molecule has 0 bridgehead atoms. The topological polar surface area (TPSA) is 105 Å². The Morgan fingerprint density at radius 2 is 2.16 bits per heavy atom. The van der Waals surface area contributed by atoms with Gasteiger partial charge in [0, 0.05) is 6.92 Å². The fourth-order valence-corrected chi connectivity index (χ4v) is 2.51. The number of carbonyl (C=O) groups excluding carboxylic acids is 1. The van der Waals surface area contributed by atoms with Crippen molar-refractivity contribution in [3.8, 4) is 0 Å². The maximum absolute atomic E-state index is 12.0. The number of amides is 1. The van der Waals surface area contributed by atoms with E-state index in [1.54, 1.807) is 6.92 Å². The summed E-state index contributed by atoms with van der Waals surface area (Å²) in [6.07, 6.45) is 2.94. The van der Waals surface area contributed by atoms with Gasteiger partial charge in [-0.15, -0.1) is 0 Å². The minimum atomic E-state index is -0.904. The number of carbonyl (C=O) groups is 2. The quantitative estimate of drug-likeness (QED) is 0.825. The largest absolute Gasteiger partial charge is 0.481 e.